The first-order chi connectivity index (χ1) is 19.1. The van der Waals surface area contributed by atoms with Crippen LogP contribution in [-0.2, 0) is 0 Å². The molecular weight excluding hydrogens is 533 g/mol. The van der Waals surface area contributed by atoms with Crippen molar-refractivity contribution in [3.8, 4) is 0 Å². The molecule has 0 aromatic rings. The van der Waals surface area contributed by atoms with Gasteiger partial charge < -0.3 is 5.73 Å². The maximum atomic E-state index is 6.16. The third-order valence-electron chi connectivity index (χ3n) is 8.57. The molecule has 0 unspecified atom stereocenters. The van der Waals surface area contributed by atoms with Crippen molar-refractivity contribution >= 4 is 28.9 Å². The van der Waals surface area contributed by atoms with Crippen LogP contribution in [0.2, 0.25) is 12.6 Å². The Balaban J connectivity index is 3.04. The second-order valence-electron chi connectivity index (χ2n) is 12.9. The molecule has 0 rings (SSSR count). The summed E-state index contributed by atoms with van der Waals surface area (Å²) in [6, 6.07) is 1.06. The van der Waals surface area contributed by atoms with E-state index >= 15 is 0 Å². The highest BCUT2D eigenvalue weighted by atomic mass is 35.7. The van der Waals surface area contributed by atoms with Crippen LogP contribution in [0.15, 0.2) is 0 Å². The van der Waals surface area contributed by atoms with Gasteiger partial charge in [-0.15, -0.1) is 22.2 Å². The summed E-state index contributed by atoms with van der Waals surface area (Å²) in [7, 11) is 0. The van der Waals surface area contributed by atoms with Crippen LogP contribution in [0.5, 0.6) is 0 Å². The number of unbranched alkanes of at least 4 members (excludes halogenated alkanes) is 31. The van der Waals surface area contributed by atoms with E-state index in [2.05, 4.69) is 0 Å². The highest BCUT2D eigenvalue weighted by molar-refractivity contribution is 7.44. The molecule has 0 aliphatic rings. The van der Waals surface area contributed by atoms with E-state index in [0.717, 1.165) is 12.6 Å². The second-order valence-corrected chi connectivity index (χ2v) is 21.1. The Labute approximate surface area is 258 Å². The molecule has 39 heavy (non-hydrogen) atoms. The summed E-state index contributed by atoms with van der Waals surface area (Å²) in [4.78, 5) is 0. The van der Waals surface area contributed by atoms with Crippen molar-refractivity contribution in [3.05, 3.63) is 0 Å². The lowest BCUT2D eigenvalue weighted by molar-refractivity contribution is 0.512. The summed E-state index contributed by atoms with van der Waals surface area (Å²) in [6.07, 6.45) is 45.9. The predicted octanol–water partition coefficient (Wildman–Crippen LogP) is 14.0. The lowest BCUT2D eigenvalue weighted by Gasteiger charge is -2.09. The van der Waals surface area contributed by atoms with E-state index in [1.807, 2.05) is 6.55 Å². The zero-order chi connectivity index (χ0) is 28.5. The van der Waals surface area contributed by atoms with Crippen molar-refractivity contribution in [1.29, 1.82) is 0 Å². The zero-order valence-corrected chi connectivity index (χ0v) is 29.4. The smallest absolute Gasteiger partial charge is 0.248 e. The molecular formula is C35H73Cl2NSi. The summed E-state index contributed by atoms with van der Waals surface area (Å²) < 4.78 is 0. The third-order valence-corrected chi connectivity index (χ3v) is 10.9. The van der Waals surface area contributed by atoms with Crippen LogP contribution in [-0.4, -0.2) is 13.2 Å². The van der Waals surface area contributed by atoms with Gasteiger partial charge >= 0.3 is 0 Å². The highest BCUT2D eigenvalue weighted by Gasteiger charge is 2.19. The molecule has 0 aromatic heterocycles. The molecule has 0 fully saturated rings. The number of hydrogen-bond donors (Lipinski definition) is 1. The van der Waals surface area contributed by atoms with Gasteiger partial charge in [-0.3, -0.25) is 0 Å². The molecule has 0 atom stereocenters. The van der Waals surface area contributed by atoms with Gasteiger partial charge in [-0.05, 0) is 25.6 Å². The Bertz CT molecular complexity index is 441. The zero-order valence-electron chi connectivity index (χ0n) is 26.9. The number of nitrogens with two attached hydrogens (primary N) is 1. The van der Waals surface area contributed by atoms with E-state index in [4.69, 9.17) is 27.9 Å². The number of halogens is 2. The van der Waals surface area contributed by atoms with Crippen LogP contribution in [0, 0.1) is 0 Å². The largest absolute Gasteiger partial charge is 0.330 e. The normalized spacial score (nSPS) is 12.0. The Morgan fingerprint density at radius 1 is 0.308 bits per heavy atom. The summed E-state index contributed by atoms with van der Waals surface area (Å²) in [5.41, 5.74) is 5.55. The van der Waals surface area contributed by atoms with Crippen molar-refractivity contribution < 1.29 is 0 Å². The highest BCUT2D eigenvalue weighted by Crippen LogP contribution is 2.23. The predicted molar refractivity (Wildman–Crippen MR) is 185 cm³/mol. The fourth-order valence-electron chi connectivity index (χ4n) is 5.88. The molecule has 0 saturated carbocycles. The Morgan fingerprint density at radius 2 is 0.462 bits per heavy atom. The van der Waals surface area contributed by atoms with Gasteiger partial charge in [0, 0.05) is 0 Å². The van der Waals surface area contributed by atoms with Crippen molar-refractivity contribution in [3.63, 3.8) is 0 Å². The fraction of sp³-hybridized carbons (Fsp3) is 1.00. The van der Waals surface area contributed by atoms with Crippen LogP contribution in [0.1, 0.15) is 205 Å². The van der Waals surface area contributed by atoms with E-state index in [-0.39, 0.29) is 0 Å². The molecule has 0 aromatic carbocycles. The molecule has 0 radical (unpaired) electrons. The van der Waals surface area contributed by atoms with Gasteiger partial charge in [0.05, 0.1) is 0 Å². The van der Waals surface area contributed by atoms with Gasteiger partial charge in [0.15, 0.2) is 0 Å². The standard InChI is InChI=1S/C35H73Cl2NSi/c1-39(36,37)35-33-31-29-27-25-23-21-19-17-15-13-11-9-7-5-3-2-4-6-8-10-12-14-16-18-20-22-24-26-28-30-32-34-38/h2-35,38H2,1H3. The lowest BCUT2D eigenvalue weighted by Crippen LogP contribution is -2.11. The molecule has 2 N–H and O–H groups in total. The first-order valence-corrected chi connectivity index (χ1v) is 22.9. The Morgan fingerprint density at radius 3 is 0.615 bits per heavy atom. The first-order valence-electron chi connectivity index (χ1n) is 18.1. The van der Waals surface area contributed by atoms with E-state index in [1.165, 1.54) is 205 Å². The van der Waals surface area contributed by atoms with Gasteiger partial charge in [0.25, 0.3) is 0 Å². The van der Waals surface area contributed by atoms with Gasteiger partial charge in [-0.1, -0.05) is 199 Å². The Kier molecular flexibility index (Phi) is 33.9. The number of hydrogen-bond acceptors (Lipinski definition) is 1. The molecule has 236 valence electrons. The average Bonchev–Trinajstić information content (AvgIpc) is 2.90. The molecule has 0 aliphatic carbocycles. The molecule has 0 spiro atoms. The van der Waals surface area contributed by atoms with Crippen molar-refractivity contribution in [1.82, 2.24) is 0 Å². The van der Waals surface area contributed by atoms with Crippen molar-refractivity contribution in [2.45, 2.75) is 218 Å². The SMILES string of the molecule is C[Si](Cl)(Cl)CCCCCCCCCCCCCCCCCCCCCCCCCCCCCCCCCCN. The minimum atomic E-state index is -1.84. The molecule has 0 saturated heterocycles. The fourth-order valence-corrected chi connectivity index (χ4v) is 7.56. The molecule has 1 nitrogen and oxygen atoms in total. The lowest BCUT2D eigenvalue weighted by atomic mass is 10.0. The minimum Gasteiger partial charge on any atom is -0.330 e. The molecule has 0 aliphatic heterocycles. The van der Waals surface area contributed by atoms with Crippen LogP contribution >= 0.6 is 22.2 Å². The minimum absolute atomic E-state index is 0.871. The van der Waals surface area contributed by atoms with Gasteiger partial charge in [0.1, 0.15) is 0 Å². The third kappa shape index (κ3) is 38.8. The van der Waals surface area contributed by atoms with Crippen LogP contribution in [0.4, 0.5) is 0 Å². The van der Waals surface area contributed by atoms with Crippen LogP contribution < -0.4 is 5.73 Å². The maximum Gasteiger partial charge on any atom is 0.248 e. The van der Waals surface area contributed by atoms with Crippen LogP contribution in [0.25, 0.3) is 0 Å². The van der Waals surface area contributed by atoms with E-state index in [1.54, 1.807) is 0 Å². The average molecular weight is 607 g/mol. The number of rotatable bonds is 34. The maximum absolute atomic E-state index is 6.16. The summed E-state index contributed by atoms with van der Waals surface area (Å²) in [5, 5.41) is 0. The van der Waals surface area contributed by atoms with Gasteiger partial charge in [-0.2, -0.15) is 0 Å². The summed E-state index contributed by atoms with van der Waals surface area (Å²) >= 11 is 12.3. The molecule has 0 heterocycles. The summed E-state index contributed by atoms with van der Waals surface area (Å²) in [6.45, 7) is 1.07. The second kappa shape index (κ2) is 33.3. The molecule has 0 bridgehead atoms. The van der Waals surface area contributed by atoms with Crippen molar-refractivity contribution in [2.24, 2.45) is 5.73 Å². The Hall–Kier alpha value is 0.757. The molecule has 0 amide bonds. The monoisotopic (exact) mass is 605 g/mol. The van der Waals surface area contributed by atoms with Gasteiger partial charge in [-0.25, -0.2) is 0 Å². The van der Waals surface area contributed by atoms with Gasteiger partial charge in [0.2, 0.25) is 6.69 Å². The quantitative estimate of drug-likeness (QED) is 0.0440. The topological polar surface area (TPSA) is 26.0 Å². The van der Waals surface area contributed by atoms with Crippen molar-refractivity contribution in [2.75, 3.05) is 6.54 Å². The summed E-state index contributed by atoms with van der Waals surface area (Å²) in [5.74, 6) is 0. The first kappa shape index (κ1) is 39.8. The van der Waals surface area contributed by atoms with E-state index in [0.29, 0.717) is 0 Å². The molecule has 4 heteroatoms. The van der Waals surface area contributed by atoms with E-state index in [9.17, 15) is 0 Å². The van der Waals surface area contributed by atoms with Crippen LogP contribution in [0.3, 0.4) is 0 Å². The van der Waals surface area contributed by atoms with E-state index < -0.39 is 6.69 Å².